The van der Waals surface area contributed by atoms with Crippen LogP contribution in [0.5, 0.6) is 0 Å². The maximum absolute atomic E-state index is 8.55. The number of nitrogens with zero attached hydrogens (tertiary/aromatic N) is 9. The molecule has 0 aliphatic rings. The standard InChI is InChI=1S/C17H17N11/c18-17(25-23-15(11-21-27-19)13-7-3-1-4-8-13)26-24-16(12-22-28-20)14-9-5-2-6-10-14/h1-10H,11-12H2,(H3,18,25,26)/b23-15+,24-16+. The molecule has 0 spiro atoms. The van der Waals surface area contributed by atoms with Crippen molar-refractivity contribution in [3.63, 3.8) is 0 Å². The number of azide groups is 2. The molecule has 0 aromatic heterocycles. The summed E-state index contributed by atoms with van der Waals surface area (Å²) >= 11 is 0. The van der Waals surface area contributed by atoms with Crippen LogP contribution in [0, 0.1) is 0 Å². The van der Waals surface area contributed by atoms with Gasteiger partial charge in [-0.3, -0.25) is 0 Å². The fourth-order valence-electron chi connectivity index (χ4n) is 2.09. The minimum atomic E-state index is -0.0799. The zero-order chi connectivity index (χ0) is 20.0. The predicted octanol–water partition coefficient (Wildman–Crippen LogP) is 3.32. The van der Waals surface area contributed by atoms with Crippen molar-refractivity contribution in [3.8, 4) is 0 Å². The molecule has 11 heteroatoms. The van der Waals surface area contributed by atoms with Gasteiger partial charge >= 0.3 is 0 Å². The summed E-state index contributed by atoms with van der Waals surface area (Å²) in [7, 11) is 0. The van der Waals surface area contributed by atoms with Gasteiger partial charge in [0.15, 0.2) is 0 Å². The van der Waals surface area contributed by atoms with Crippen LogP contribution in [0.1, 0.15) is 11.1 Å². The fraction of sp³-hybridized carbons (Fsp3) is 0.118. The van der Waals surface area contributed by atoms with Crippen LogP contribution >= 0.6 is 0 Å². The Morgan fingerprint density at radius 3 is 1.82 bits per heavy atom. The van der Waals surface area contributed by atoms with Crippen LogP contribution in [0.4, 0.5) is 0 Å². The lowest BCUT2D eigenvalue weighted by Gasteiger charge is -2.05. The lowest BCUT2D eigenvalue weighted by molar-refractivity contribution is 0.974. The van der Waals surface area contributed by atoms with Crippen LogP contribution in [0.3, 0.4) is 0 Å². The zero-order valence-electron chi connectivity index (χ0n) is 14.8. The Morgan fingerprint density at radius 2 is 1.29 bits per heavy atom. The largest absolute Gasteiger partial charge is 0.367 e. The predicted molar refractivity (Wildman–Crippen MR) is 109 cm³/mol. The topological polar surface area (TPSA) is 173 Å². The smallest absolute Gasteiger partial charge is 0.234 e. The average molecular weight is 375 g/mol. The Labute approximate surface area is 160 Å². The summed E-state index contributed by atoms with van der Waals surface area (Å²) in [5.41, 5.74) is 27.9. The quantitative estimate of drug-likeness (QED) is 0.180. The van der Waals surface area contributed by atoms with Crippen LogP contribution in [-0.2, 0) is 0 Å². The third-order valence-corrected chi connectivity index (χ3v) is 3.37. The molecule has 0 radical (unpaired) electrons. The molecule has 0 aliphatic heterocycles. The van der Waals surface area contributed by atoms with Gasteiger partial charge in [-0.1, -0.05) is 70.9 Å². The van der Waals surface area contributed by atoms with Crippen molar-refractivity contribution in [3.05, 3.63) is 92.7 Å². The average Bonchev–Trinajstić information content (AvgIpc) is 2.75. The minimum Gasteiger partial charge on any atom is -0.367 e. The van der Waals surface area contributed by atoms with Gasteiger partial charge in [0, 0.05) is 9.82 Å². The second-order valence-electron chi connectivity index (χ2n) is 5.21. The van der Waals surface area contributed by atoms with Crippen molar-refractivity contribution in [2.45, 2.75) is 0 Å². The number of rotatable bonds is 8. The molecule has 0 fully saturated rings. The van der Waals surface area contributed by atoms with Crippen molar-refractivity contribution in [2.75, 3.05) is 13.1 Å². The number of benzene rings is 2. The van der Waals surface area contributed by atoms with Crippen molar-refractivity contribution >= 4 is 17.4 Å². The molecule has 11 nitrogen and oxygen atoms in total. The first kappa shape index (κ1) is 20.0. The van der Waals surface area contributed by atoms with E-state index in [1.165, 1.54) is 0 Å². The Morgan fingerprint density at radius 1 is 0.786 bits per heavy atom. The van der Waals surface area contributed by atoms with Gasteiger partial charge in [-0.2, -0.15) is 10.2 Å². The summed E-state index contributed by atoms with van der Waals surface area (Å²) in [4.78, 5) is 5.48. The highest BCUT2D eigenvalue weighted by Gasteiger charge is 2.04. The Balaban J connectivity index is 2.21. The number of nitrogens with one attached hydrogen (secondary N) is 1. The molecule has 0 atom stereocenters. The number of nitrogens with two attached hydrogens (primary N) is 1. The van der Waals surface area contributed by atoms with E-state index in [1.807, 2.05) is 60.7 Å². The molecule has 28 heavy (non-hydrogen) atoms. The minimum absolute atomic E-state index is 0.0205. The number of hydrogen-bond acceptors (Lipinski definition) is 5. The lowest BCUT2D eigenvalue weighted by atomic mass is 10.1. The summed E-state index contributed by atoms with van der Waals surface area (Å²) in [5, 5.41) is 19.1. The normalized spacial score (nSPS) is 11.9. The van der Waals surface area contributed by atoms with Crippen molar-refractivity contribution < 1.29 is 0 Å². The summed E-state index contributed by atoms with van der Waals surface area (Å²) in [6.45, 7) is 0.0585. The third-order valence-electron chi connectivity index (χ3n) is 3.37. The maximum atomic E-state index is 8.55. The molecular formula is C17H17N11. The first-order chi connectivity index (χ1) is 13.7. The van der Waals surface area contributed by atoms with E-state index in [9.17, 15) is 0 Å². The van der Waals surface area contributed by atoms with Crippen molar-refractivity contribution in [1.82, 2.24) is 5.43 Å². The SMILES string of the molecule is [N-]=[N+]=NC/C(=N\N=C(/N)N/N=C(\CN=[N+]=[N-])c1ccccc1)c1ccccc1. The number of hydrazone groups is 1. The number of guanidine groups is 1. The molecule has 2 aromatic carbocycles. The molecule has 0 heterocycles. The summed E-state index contributed by atoms with van der Waals surface area (Å²) in [5.74, 6) is -0.0799. The van der Waals surface area contributed by atoms with Gasteiger partial charge < -0.3 is 5.73 Å². The van der Waals surface area contributed by atoms with Gasteiger partial charge in [-0.25, -0.2) is 5.43 Å². The van der Waals surface area contributed by atoms with Gasteiger partial charge in [0.2, 0.25) is 5.96 Å². The van der Waals surface area contributed by atoms with E-state index in [0.29, 0.717) is 11.4 Å². The summed E-state index contributed by atoms with van der Waals surface area (Å²) in [6, 6.07) is 18.3. The molecule has 0 saturated carbocycles. The van der Waals surface area contributed by atoms with E-state index in [4.69, 9.17) is 16.8 Å². The Bertz CT molecular complexity index is 951. The fourth-order valence-corrected chi connectivity index (χ4v) is 2.09. The van der Waals surface area contributed by atoms with Crippen molar-refractivity contribution in [2.24, 2.45) is 31.3 Å². The highest BCUT2D eigenvalue weighted by atomic mass is 15.4. The highest BCUT2D eigenvalue weighted by molar-refractivity contribution is 6.03. The lowest BCUT2D eigenvalue weighted by Crippen LogP contribution is -2.28. The van der Waals surface area contributed by atoms with Gasteiger partial charge in [0.05, 0.1) is 24.5 Å². The van der Waals surface area contributed by atoms with Crippen LogP contribution < -0.4 is 11.2 Å². The van der Waals surface area contributed by atoms with Gasteiger partial charge in [-0.15, -0.1) is 5.10 Å². The molecular weight excluding hydrogens is 358 g/mol. The number of hydrogen-bond donors (Lipinski definition) is 2. The van der Waals surface area contributed by atoms with Gasteiger partial charge in [-0.05, 0) is 22.2 Å². The zero-order valence-corrected chi connectivity index (χ0v) is 14.8. The van der Waals surface area contributed by atoms with E-state index in [2.05, 4.69) is 40.8 Å². The molecule has 0 aliphatic carbocycles. The van der Waals surface area contributed by atoms with Crippen LogP contribution in [0.25, 0.3) is 20.9 Å². The third kappa shape index (κ3) is 6.52. The molecule has 3 N–H and O–H groups in total. The molecule has 0 bridgehead atoms. The molecule has 0 amide bonds. The van der Waals surface area contributed by atoms with Crippen LogP contribution in [0.2, 0.25) is 0 Å². The van der Waals surface area contributed by atoms with Crippen molar-refractivity contribution in [1.29, 1.82) is 0 Å². The molecule has 2 aromatic rings. The monoisotopic (exact) mass is 375 g/mol. The highest BCUT2D eigenvalue weighted by Crippen LogP contribution is 2.03. The van der Waals surface area contributed by atoms with Gasteiger partial charge in [0.25, 0.3) is 0 Å². The molecule has 0 unspecified atom stereocenters. The van der Waals surface area contributed by atoms with E-state index in [0.717, 1.165) is 11.1 Å². The van der Waals surface area contributed by atoms with Gasteiger partial charge in [0.1, 0.15) is 0 Å². The first-order valence-corrected chi connectivity index (χ1v) is 8.09. The van der Waals surface area contributed by atoms with E-state index in [-0.39, 0.29) is 19.0 Å². The van der Waals surface area contributed by atoms with E-state index < -0.39 is 0 Å². The summed E-state index contributed by atoms with van der Waals surface area (Å²) < 4.78 is 0. The van der Waals surface area contributed by atoms with E-state index in [1.54, 1.807) is 0 Å². The van der Waals surface area contributed by atoms with E-state index >= 15 is 0 Å². The van der Waals surface area contributed by atoms with Crippen LogP contribution in [-0.4, -0.2) is 30.5 Å². The maximum Gasteiger partial charge on any atom is 0.234 e. The Hall–Kier alpha value is -4.33. The van der Waals surface area contributed by atoms with Crippen LogP contribution in [0.15, 0.2) is 86.2 Å². The summed E-state index contributed by atoms with van der Waals surface area (Å²) in [6.07, 6.45) is 0. The first-order valence-electron chi connectivity index (χ1n) is 8.09. The molecule has 2 rings (SSSR count). The second kappa shape index (κ2) is 11.3. The second-order valence-corrected chi connectivity index (χ2v) is 5.21. The molecule has 0 saturated heterocycles. The molecule has 140 valence electrons. The Kier molecular flexibility index (Phi) is 8.08.